The van der Waals surface area contributed by atoms with Gasteiger partial charge in [0, 0.05) is 6.54 Å². The number of carbonyl (C=O) groups is 1. The molecular weight excluding hydrogens is 246 g/mol. The van der Waals surface area contributed by atoms with Crippen LogP contribution in [0.4, 0.5) is 0 Å². The number of hydrogen-bond donors (Lipinski definition) is 2. The summed E-state index contributed by atoms with van der Waals surface area (Å²) in [5.74, 6) is 0.375. The lowest BCUT2D eigenvalue weighted by Crippen LogP contribution is -2.14. The van der Waals surface area contributed by atoms with Gasteiger partial charge in [0.15, 0.2) is 0 Å². The molecule has 0 fully saturated rings. The van der Waals surface area contributed by atoms with Crippen LogP contribution in [0.25, 0.3) is 0 Å². The zero-order chi connectivity index (χ0) is 13.2. The molecule has 0 saturated heterocycles. The lowest BCUT2D eigenvalue weighted by atomic mass is 10.1. The zero-order valence-electron chi connectivity index (χ0n) is 10.8. The Morgan fingerprint density at radius 3 is 2.56 bits per heavy atom. The molecule has 0 unspecified atom stereocenters. The van der Waals surface area contributed by atoms with Gasteiger partial charge in [-0.1, -0.05) is 18.6 Å². The van der Waals surface area contributed by atoms with E-state index >= 15 is 0 Å². The summed E-state index contributed by atoms with van der Waals surface area (Å²) >= 11 is 1.90. The second-order valence-corrected chi connectivity index (χ2v) is 5.22. The number of carboxylic acids is 1. The minimum absolute atomic E-state index is 0.343. The summed E-state index contributed by atoms with van der Waals surface area (Å²) in [6, 6.07) is 7.03. The molecule has 0 radical (unpaired) electrons. The summed E-state index contributed by atoms with van der Waals surface area (Å²) in [5.41, 5.74) is 1.47. The summed E-state index contributed by atoms with van der Waals surface area (Å²) in [4.78, 5) is 10.7. The van der Waals surface area contributed by atoms with Crippen LogP contribution < -0.4 is 5.32 Å². The minimum Gasteiger partial charge on any atom is -0.478 e. The van der Waals surface area contributed by atoms with Gasteiger partial charge in [0.05, 0.1) is 5.56 Å². The first kappa shape index (κ1) is 15.1. The number of hydrogen-bond acceptors (Lipinski definition) is 3. The molecule has 0 aromatic heterocycles. The molecular formula is C14H21NO2S. The van der Waals surface area contributed by atoms with Crippen molar-refractivity contribution in [2.24, 2.45) is 0 Å². The highest BCUT2D eigenvalue weighted by molar-refractivity contribution is 7.98. The van der Waals surface area contributed by atoms with Gasteiger partial charge >= 0.3 is 5.97 Å². The highest BCUT2D eigenvalue weighted by Crippen LogP contribution is 2.05. The van der Waals surface area contributed by atoms with E-state index in [4.69, 9.17) is 5.11 Å². The van der Waals surface area contributed by atoms with Crippen LogP contribution in [0.3, 0.4) is 0 Å². The molecule has 0 bridgehead atoms. The van der Waals surface area contributed by atoms with E-state index in [-0.39, 0.29) is 0 Å². The third-order valence-electron chi connectivity index (χ3n) is 2.73. The Labute approximate surface area is 113 Å². The Bertz CT molecular complexity index is 351. The Morgan fingerprint density at radius 1 is 1.22 bits per heavy atom. The molecule has 0 aliphatic heterocycles. The van der Waals surface area contributed by atoms with Crippen LogP contribution in [-0.2, 0) is 6.54 Å². The number of carboxylic acid groups (broad SMARTS) is 1. The molecule has 0 aliphatic carbocycles. The first-order chi connectivity index (χ1) is 8.74. The van der Waals surface area contributed by atoms with Gasteiger partial charge < -0.3 is 10.4 Å². The van der Waals surface area contributed by atoms with Gasteiger partial charge in [0.2, 0.25) is 0 Å². The molecule has 1 rings (SSSR count). The summed E-state index contributed by atoms with van der Waals surface area (Å²) in [6.07, 6.45) is 5.90. The fourth-order valence-electron chi connectivity index (χ4n) is 1.67. The predicted molar refractivity (Wildman–Crippen MR) is 77.3 cm³/mol. The highest BCUT2D eigenvalue weighted by Gasteiger charge is 2.01. The molecule has 1 aromatic carbocycles. The zero-order valence-corrected chi connectivity index (χ0v) is 11.6. The fourth-order valence-corrected chi connectivity index (χ4v) is 2.16. The van der Waals surface area contributed by atoms with Gasteiger partial charge in [-0.05, 0) is 49.1 Å². The molecule has 18 heavy (non-hydrogen) atoms. The average Bonchev–Trinajstić information content (AvgIpc) is 2.38. The molecule has 100 valence electrons. The van der Waals surface area contributed by atoms with Crippen LogP contribution in [0.2, 0.25) is 0 Å². The van der Waals surface area contributed by atoms with Crippen molar-refractivity contribution in [3.63, 3.8) is 0 Å². The average molecular weight is 267 g/mol. The topological polar surface area (TPSA) is 49.3 Å². The molecule has 0 heterocycles. The van der Waals surface area contributed by atoms with Crippen molar-refractivity contribution in [2.75, 3.05) is 18.6 Å². The van der Waals surface area contributed by atoms with Crippen molar-refractivity contribution in [1.29, 1.82) is 0 Å². The third-order valence-corrected chi connectivity index (χ3v) is 3.43. The van der Waals surface area contributed by atoms with Crippen molar-refractivity contribution < 1.29 is 9.90 Å². The SMILES string of the molecule is CSCCCCCNCc1ccc(C(=O)O)cc1. The normalized spacial score (nSPS) is 10.5. The van der Waals surface area contributed by atoms with E-state index in [0.29, 0.717) is 5.56 Å². The lowest BCUT2D eigenvalue weighted by Gasteiger charge is -2.05. The molecule has 0 amide bonds. The maximum atomic E-state index is 10.7. The second kappa shape index (κ2) is 9.00. The van der Waals surface area contributed by atoms with Crippen molar-refractivity contribution in [2.45, 2.75) is 25.8 Å². The number of benzene rings is 1. The van der Waals surface area contributed by atoms with Gasteiger partial charge in [0.25, 0.3) is 0 Å². The Hall–Kier alpha value is -1.00. The van der Waals surface area contributed by atoms with Crippen LogP contribution >= 0.6 is 11.8 Å². The number of rotatable bonds is 9. The van der Waals surface area contributed by atoms with Gasteiger partial charge in [-0.2, -0.15) is 11.8 Å². The van der Waals surface area contributed by atoms with Crippen LogP contribution in [0.1, 0.15) is 35.2 Å². The molecule has 1 aromatic rings. The molecule has 4 heteroatoms. The molecule has 0 spiro atoms. The molecule has 2 N–H and O–H groups in total. The van der Waals surface area contributed by atoms with Gasteiger partial charge in [-0.25, -0.2) is 4.79 Å². The largest absolute Gasteiger partial charge is 0.478 e. The maximum Gasteiger partial charge on any atom is 0.335 e. The standard InChI is InChI=1S/C14H21NO2S/c1-18-10-4-2-3-9-15-11-12-5-7-13(8-6-12)14(16)17/h5-8,15H,2-4,9-11H2,1H3,(H,16,17). The van der Waals surface area contributed by atoms with Gasteiger partial charge in [-0.15, -0.1) is 0 Å². The minimum atomic E-state index is -0.872. The van der Waals surface area contributed by atoms with Crippen LogP contribution in [0, 0.1) is 0 Å². The number of thioether (sulfide) groups is 1. The Balaban J connectivity index is 2.14. The first-order valence-corrected chi connectivity index (χ1v) is 7.65. The number of aromatic carboxylic acids is 1. The van der Waals surface area contributed by atoms with E-state index < -0.39 is 5.97 Å². The first-order valence-electron chi connectivity index (χ1n) is 6.26. The molecule has 3 nitrogen and oxygen atoms in total. The van der Waals surface area contributed by atoms with Crippen molar-refractivity contribution in [3.05, 3.63) is 35.4 Å². The van der Waals surface area contributed by atoms with Crippen molar-refractivity contribution in [1.82, 2.24) is 5.32 Å². The highest BCUT2D eigenvalue weighted by atomic mass is 32.2. The fraction of sp³-hybridized carbons (Fsp3) is 0.500. The lowest BCUT2D eigenvalue weighted by molar-refractivity contribution is 0.0697. The van der Waals surface area contributed by atoms with E-state index in [0.717, 1.165) is 18.7 Å². The third kappa shape index (κ3) is 6.07. The van der Waals surface area contributed by atoms with E-state index in [1.807, 2.05) is 23.9 Å². The van der Waals surface area contributed by atoms with Crippen LogP contribution in [0.5, 0.6) is 0 Å². The van der Waals surface area contributed by atoms with Gasteiger partial charge in [0.1, 0.15) is 0 Å². The molecule has 0 aliphatic rings. The number of unbranched alkanes of at least 4 members (excludes halogenated alkanes) is 2. The van der Waals surface area contributed by atoms with E-state index in [2.05, 4.69) is 11.6 Å². The number of nitrogens with one attached hydrogen (secondary N) is 1. The summed E-state index contributed by atoms with van der Waals surface area (Å²) in [5, 5.41) is 12.1. The maximum absolute atomic E-state index is 10.7. The predicted octanol–water partition coefficient (Wildman–Crippen LogP) is 3.01. The van der Waals surface area contributed by atoms with Crippen LogP contribution in [-0.4, -0.2) is 29.6 Å². The van der Waals surface area contributed by atoms with E-state index in [1.54, 1.807) is 12.1 Å². The quantitative estimate of drug-likeness (QED) is 0.675. The Morgan fingerprint density at radius 2 is 1.94 bits per heavy atom. The van der Waals surface area contributed by atoms with Gasteiger partial charge in [-0.3, -0.25) is 0 Å². The Kier molecular flexibility index (Phi) is 7.53. The van der Waals surface area contributed by atoms with E-state index in [9.17, 15) is 4.79 Å². The smallest absolute Gasteiger partial charge is 0.335 e. The van der Waals surface area contributed by atoms with Crippen molar-refractivity contribution in [3.8, 4) is 0 Å². The van der Waals surface area contributed by atoms with Crippen LogP contribution in [0.15, 0.2) is 24.3 Å². The monoisotopic (exact) mass is 267 g/mol. The molecule has 0 saturated carbocycles. The second-order valence-electron chi connectivity index (χ2n) is 4.23. The summed E-state index contributed by atoms with van der Waals surface area (Å²) in [6.45, 7) is 1.83. The summed E-state index contributed by atoms with van der Waals surface area (Å²) in [7, 11) is 0. The molecule has 0 atom stereocenters. The summed E-state index contributed by atoms with van der Waals surface area (Å²) < 4.78 is 0. The van der Waals surface area contributed by atoms with Crippen molar-refractivity contribution >= 4 is 17.7 Å². The van der Waals surface area contributed by atoms with E-state index in [1.165, 1.54) is 25.0 Å².